The molecule has 0 amide bonds. The van der Waals surface area contributed by atoms with Gasteiger partial charge in [0, 0.05) is 43.1 Å². The Morgan fingerprint density at radius 1 is 1.05 bits per heavy atom. The lowest BCUT2D eigenvalue weighted by Gasteiger charge is -2.29. The zero-order valence-corrected chi connectivity index (χ0v) is 11.5. The summed E-state index contributed by atoms with van der Waals surface area (Å²) in [5.41, 5.74) is 4.66. The average Bonchev–Trinajstić information content (AvgIpc) is 2.80. The van der Waals surface area contributed by atoms with E-state index in [-0.39, 0.29) is 0 Å². The summed E-state index contributed by atoms with van der Waals surface area (Å²) in [7, 11) is 0. The third-order valence-corrected chi connectivity index (χ3v) is 3.75. The van der Waals surface area contributed by atoms with Crippen LogP contribution in [0, 0.1) is 13.8 Å². The van der Waals surface area contributed by atoms with Crippen molar-refractivity contribution in [3.05, 3.63) is 35.7 Å². The molecule has 1 aliphatic heterocycles. The van der Waals surface area contributed by atoms with Crippen molar-refractivity contribution in [1.82, 2.24) is 15.3 Å². The number of benzene rings is 1. The number of aromatic nitrogens is 2. The van der Waals surface area contributed by atoms with Crippen LogP contribution in [0.1, 0.15) is 11.4 Å². The predicted molar refractivity (Wildman–Crippen MR) is 78.6 cm³/mol. The van der Waals surface area contributed by atoms with E-state index in [4.69, 9.17) is 0 Å². The molecule has 2 heterocycles. The van der Waals surface area contributed by atoms with Crippen molar-refractivity contribution >= 4 is 5.69 Å². The normalized spacial score (nSPS) is 15.8. The van der Waals surface area contributed by atoms with Gasteiger partial charge >= 0.3 is 0 Å². The van der Waals surface area contributed by atoms with Gasteiger partial charge in [-0.1, -0.05) is 0 Å². The number of hydrogen-bond acceptors (Lipinski definition) is 3. The number of anilines is 1. The van der Waals surface area contributed by atoms with E-state index in [9.17, 15) is 0 Å². The van der Waals surface area contributed by atoms with Crippen molar-refractivity contribution in [3.8, 4) is 11.4 Å². The molecule has 3 rings (SSSR count). The molecule has 19 heavy (non-hydrogen) atoms. The lowest BCUT2D eigenvalue weighted by Crippen LogP contribution is -2.43. The molecule has 0 aliphatic carbocycles. The highest BCUT2D eigenvalue weighted by Crippen LogP contribution is 2.22. The molecular formula is C15H20N4. The van der Waals surface area contributed by atoms with Crippen LogP contribution in [0.4, 0.5) is 5.69 Å². The monoisotopic (exact) mass is 256 g/mol. The third-order valence-electron chi connectivity index (χ3n) is 3.75. The summed E-state index contributed by atoms with van der Waals surface area (Å²) in [5.74, 6) is 0.960. The highest BCUT2D eigenvalue weighted by Gasteiger charge is 2.11. The Bertz CT molecular complexity index is 531. The maximum Gasteiger partial charge on any atom is 0.137 e. The molecule has 1 aromatic carbocycles. The van der Waals surface area contributed by atoms with Crippen LogP contribution in [0.15, 0.2) is 24.3 Å². The van der Waals surface area contributed by atoms with Gasteiger partial charge < -0.3 is 15.2 Å². The van der Waals surface area contributed by atoms with Crippen LogP contribution in [0.3, 0.4) is 0 Å². The summed E-state index contributed by atoms with van der Waals surface area (Å²) in [5, 5.41) is 3.37. The van der Waals surface area contributed by atoms with E-state index >= 15 is 0 Å². The molecule has 2 N–H and O–H groups in total. The Balaban J connectivity index is 1.82. The number of hydrogen-bond donors (Lipinski definition) is 2. The van der Waals surface area contributed by atoms with Crippen LogP contribution in [0.25, 0.3) is 11.4 Å². The first-order chi connectivity index (χ1) is 9.24. The van der Waals surface area contributed by atoms with E-state index in [0.717, 1.165) is 49.0 Å². The fourth-order valence-corrected chi connectivity index (χ4v) is 2.44. The molecule has 1 aromatic heterocycles. The molecular weight excluding hydrogens is 236 g/mol. The van der Waals surface area contributed by atoms with Gasteiger partial charge in [-0.05, 0) is 38.1 Å². The van der Waals surface area contributed by atoms with Crippen LogP contribution in [-0.2, 0) is 0 Å². The van der Waals surface area contributed by atoms with Crippen LogP contribution >= 0.6 is 0 Å². The van der Waals surface area contributed by atoms with Crippen molar-refractivity contribution in [2.45, 2.75) is 13.8 Å². The topological polar surface area (TPSA) is 44.0 Å². The number of aryl methyl sites for hydroxylation is 2. The fourth-order valence-electron chi connectivity index (χ4n) is 2.44. The van der Waals surface area contributed by atoms with Gasteiger partial charge in [-0.25, -0.2) is 4.98 Å². The maximum absolute atomic E-state index is 4.54. The SMILES string of the molecule is Cc1nc(-c2ccc(N3CCNCC3)cc2)[nH]c1C. The Hall–Kier alpha value is -1.81. The number of rotatable bonds is 2. The first-order valence-corrected chi connectivity index (χ1v) is 6.83. The lowest BCUT2D eigenvalue weighted by atomic mass is 10.1. The van der Waals surface area contributed by atoms with Crippen LogP contribution in [-0.4, -0.2) is 36.1 Å². The standard InChI is InChI=1S/C15H20N4/c1-11-12(2)18-15(17-11)13-3-5-14(6-4-13)19-9-7-16-8-10-19/h3-6,16H,7-10H2,1-2H3,(H,17,18). The van der Waals surface area contributed by atoms with Gasteiger partial charge in [0.2, 0.25) is 0 Å². The Morgan fingerprint density at radius 2 is 1.74 bits per heavy atom. The number of piperazine rings is 1. The highest BCUT2D eigenvalue weighted by atomic mass is 15.2. The quantitative estimate of drug-likeness (QED) is 0.865. The van der Waals surface area contributed by atoms with Crippen molar-refractivity contribution in [2.75, 3.05) is 31.1 Å². The molecule has 0 bridgehead atoms. The van der Waals surface area contributed by atoms with Crippen LogP contribution in [0.2, 0.25) is 0 Å². The highest BCUT2D eigenvalue weighted by molar-refractivity contribution is 5.61. The molecule has 0 unspecified atom stereocenters. The van der Waals surface area contributed by atoms with Gasteiger partial charge in [-0.15, -0.1) is 0 Å². The number of nitrogens with zero attached hydrogens (tertiary/aromatic N) is 2. The van der Waals surface area contributed by atoms with E-state index < -0.39 is 0 Å². The summed E-state index contributed by atoms with van der Waals surface area (Å²) in [6.07, 6.45) is 0. The second-order valence-corrected chi connectivity index (χ2v) is 5.08. The second kappa shape index (κ2) is 5.05. The Labute approximate surface area is 113 Å². The smallest absolute Gasteiger partial charge is 0.137 e. The summed E-state index contributed by atoms with van der Waals surface area (Å²) < 4.78 is 0. The third kappa shape index (κ3) is 2.49. The molecule has 0 saturated carbocycles. The van der Waals surface area contributed by atoms with Gasteiger partial charge in [0.1, 0.15) is 5.82 Å². The average molecular weight is 256 g/mol. The van der Waals surface area contributed by atoms with Crippen molar-refractivity contribution in [2.24, 2.45) is 0 Å². The number of nitrogens with one attached hydrogen (secondary N) is 2. The second-order valence-electron chi connectivity index (χ2n) is 5.08. The van der Waals surface area contributed by atoms with Crippen molar-refractivity contribution in [1.29, 1.82) is 0 Å². The summed E-state index contributed by atoms with van der Waals surface area (Å²) in [6.45, 7) is 8.39. The minimum absolute atomic E-state index is 0.960. The molecule has 0 radical (unpaired) electrons. The Morgan fingerprint density at radius 3 is 2.32 bits per heavy atom. The van der Waals surface area contributed by atoms with Gasteiger partial charge in [-0.3, -0.25) is 0 Å². The Kier molecular flexibility index (Phi) is 3.25. The van der Waals surface area contributed by atoms with E-state index in [2.05, 4.69) is 51.4 Å². The molecule has 0 atom stereocenters. The lowest BCUT2D eigenvalue weighted by molar-refractivity contribution is 0.589. The van der Waals surface area contributed by atoms with Crippen LogP contribution < -0.4 is 10.2 Å². The van der Waals surface area contributed by atoms with E-state index in [0.29, 0.717) is 0 Å². The summed E-state index contributed by atoms with van der Waals surface area (Å²) in [4.78, 5) is 10.3. The van der Waals surface area contributed by atoms with Gasteiger partial charge in [0.05, 0.1) is 5.69 Å². The fraction of sp³-hybridized carbons (Fsp3) is 0.400. The zero-order chi connectivity index (χ0) is 13.2. The largest absolute Gasteiger partial charge is 0.369 e. The van der Waals surface area contributed by atoms with Crippen molar-refractivity contribution in [3.63, 3.8) is 0 Å². The summed E-state index contributed by atoms with van der Waals surface area (Å²) >= 11 is 0. The van der Waals surface area contributed by atoms with Gasteiger partial charge in [0.25, 0.3) is 0 Å². The number of imidazole rings is 1. The molecule has 1 saturated heterocycles. The van der Waals surface area contributed by atoms with E-state index in [1.807, 2.05) is 6.92 Å². The van der Waals surface area contributed by atoms with E-state index in [1.165, 1.54) is 5.69 Å². The first kappa shape index (κ1) is 12.2. The zero-order valence-electron chi connectivity index (χ0n) is 11.5. The molecule has 2 aromatic rings. The molecule has 0 spiro atoms. The van der Waals surface area contributed by atoms with Gasteiger partial charge in [0.15, 0.2) is 0 Å². The first-order valence-electron chi connectivity index (χ1n) is 6.83. The number of H-pyrrole nitrogens is 1. The van der Waals surface area contributed by atoms with Crippen molar-refractivity contribution < 1.29 is 0 Å². The molecule has 4 heteroatoms. The maximum atomic E-state index is 4.54. The minimum Gasteiger partial charge on any atom is -0.369 e. The van der Waals surface area contributed by atoms with Gasteiger partial charge in [-0.2, -0.15) is 0 Å². The molecule has 1 fully saturated rings. The predicted octanol–water partition coefficient (Wildman–Crippen LogP) is 2.10. The van der Waals surface area contributed by atoms with Crippen LogP contribution in [0.5, 0.6) is 0 Å². The molecule has 1 aliphatic rings. The number of aromatic amines is 1. The summed E-state index contributed by atoms with van der Waals surface area (Å²) in [6, 6.07) is 8.67. The van der Waals surface area contributed by atoms with E-state index in [1.54, 1.807) is 0 Å². The molecule has 100 valence electrons. The molecule has 4 nitrogen and oxygen atoms in total. The minimum atomic E-state index is 0.960.